The van der Waals surface area contributed by atoms with Crippen molar-refractivity contribution in [3.05, 3.63) is 58.6 Å². The van der Waals surface area contributed by atoms with Gasteiger partial charge >= 0.3 is 0 Å². The maximum atomic E-state index is 13.2. The highest BCUT2D eigenvalue weighted by atomic mass is 79.9. The van der Waals surface area contributed by atoms with E-state index >= 15 is 0 Å². The van der Waals surface area contributed by atoms with E-state index in [-0.39, 0.29) is 38.9 Å². The summed E-state index contributed by atoms with van der Waals surface area (Å²) in [4.78, 5) is 40.8. The van der Waals surface area contributed by atoms with E-state index in [1.165, 1.54) is 4.90 Å². The highest BCUT2D eigenvalue weighted by Crippen LogP contribution is 2.45. The number of halogens is 3. The first-order valence-electron chi connectivity index (χ1n) is 9.61. The molecule has 0 spiro atoms. The fourth-order valence-electron chi connectivity index (χ4n) is 4.13. The van der Waals surface area contributed by atoms with E-state index in [4.69, 9.17) is 11.6 Å². The molecule has 3 amide bonds. The predicted octanol–water partition coefficient (Wildman–Crippen LogP) is 5.33. The van der Waals surface area contributed by atoms with Gasteiger partial charge in [0.25, 0.3) is 5.91 Å². The summed E-state index contributed by atoms with van der Waals surface area (Å²) in [5.74, 6) is -1.63. The molecule has 156 valence electrons. The molecule has 4 rings (SSSR count). The van der Waals surface area contributed by atoms with Crippen molar-refractivity contribution in [2.45, 2.75) is 29.4 Å². The summed E-state index contributed by atoms with van der Waals surface area (Å²) in [5.41, 5.74) is 1.91. The average molecular weight is 555 g/mol. The molecule has 2 aliphatic rings. The Labute approximate surface area is 196 Å². The Balaban J connectivity index is 1.67. The highest BCUT2D eigenvalue weighted by Gasteiger charge is 2.52. The molecule has 1 saturated heterocycles. The van der Waals surface area contributed by atoms with Gasteiger partial charge in [0.2, 0.25) is 11.8 Å². The van der Waals surface area contributed by atoms with Crippen LogP contribution in [0.25, 0.3) is 0 Å². The summed E-state index contributed by atoms with van der Waals surface area (Å²) in [6.45, 7) is 1.81. The fraction of sp³-hybridized carbons (Fsp3) is 0.318. The lowest BCUT2D eigenvalue weighted by atomic mass is 9.81. The van der Waals surface area contributed by atoms with Crippen molar-refractivity contribution in [1.82, 2.24) is 0 Å². The van der Waals surface area contributed by atoms with Crippen molar-refractivity contribution in [3.8, 4) is 0 Å². The number of anilines is 2. The molecule has 0 radical (unpaired) electrons. The third-order valence-electron chi connectivity index (χ3n) is 5.82. The number of nitrogens with zero attached hydrogens (tertiary/aromatic N) is 1. The Morgan fingerprint density at radius 3 is 2.23 bits per heavy atom. The minimum absolute atomic E-state index is 0.125. The molecule has 0 unspecified atom stereocenters. The Bertz CT molecular complexity index is 1020. The van der Waals surface area contributed by atoms with Crippen molar-refractivity contribution in [3.63, 3.8) is 0 Å². The van der Waals surface area contributed by atoms with Gasteiger partial charge in [-0.2, -0.15) is 0 Å². The lowest BCUT2D eigenvalue weighted by Crippen LogP contribution is -2.34. The van der Waals surface area contributed by atoms with Gasteiger partial charge in [-0.15, -0.1) is 0 Å². The zero-order chi connectivity index (χ0) is 21.6. The molecule has 30 heavy (non-hydrogen) atoms. The Kier molecular flexibility index (Phi) is 6.06. The lowest BCUT2D eigenvalue weighted by molar-refractivity contribution is -0.122. The second kappa shape index (κ2) is 8.44. The smallest absolute Gasteiger partial charge is 0.257 e. The number of imide groups is 1. The largest absolute Gasteiger partial charge is 0.322 e. The van der Waals surface area contributed by atoms with Crippen LogP contribution in [0.5, 0.6) is 0 Å². The van der Waals surface area contributed by atoms with Gasteiger partial charge in [-0.3, -0.25) is 14.4 Å². The number of rotatable bonds is 3. The molecule has 4 atom stereocenters. The van der Waals surface area contributed by atoms with Gasteiger partial charge < -0.3 is 5.32 Å². The molecule has 2 aromatic rings. The second-order valence-corrected chi connectivity index (χ2v) is 10.4. The number of benzene rings is 2. The molecular weight excluding hydrogens is 536 g/mol. The summed E-state index contributed by atoms with van der Waals surface area (Å²) >= 11 is 13.3. The maximum absolute atomic E-state index is 13.2. The number of para-hydroxylation sites is 1. The average Bonchev–Trinajstić information content (AvgIpc) is 2.95. The van der Waals surface area contributed by atoms with Crippen molar-refractivity contribution >= 4 is 72.6 Å². The second-order valence-electron chi connectivity index (χ2n) is 7.61. The molecule has 2 aromatic carbocycles. The molecule has 1 aliphatic heterocycles. The Hall–Kier alpha value is -1.70. The molecule has 2 fully saturated rings. The number of hydrogen-bond donors (Lipinski definition) is 1. The van der Waals surface area contributed by atoms with Gasteiger partial charge in [0.15, 0.2) is 0 Å². The van der Waals surface area contributed by atoms with Crippen LogP contribution in [0.4, 0.5) is 11.4 Å². The molecular formula is C22H19Br2ClN2O3. The van der Waals surface area contributed by atoms with E-state index in [0.717, 1.165) is 5.56 Å². The van der Waals surface area contributed by atoms with Crippen LogP contribution in [0.3, 0.4) is 0 Å². The topological polar surface area (TPSA) is 66.5 Å². The minimum Gasteiger partial charge on any atom is -0.322 e. The molecule has 1 aliphatic carbocycles. The standard InChI is InChI=1S/C22H19Br2ClN2O3/c1-11-17(25)6-4-7-18(11)26-20(28)12-5-2-3-8-19(12)27-21(29)13-9-15(23)16(24)10-14(13)22(27)30/h2-8,13-16H,9-10H2,1H3,(H,26,28)/t13-,14+,15+,16-. The maximum Gasteiger partial charge on any atom is 0.257 e. The van der Waals surface area contributed by atoms with Crippen LogP contribution in [-0.4, -0.2) is 27.4 Å². The molecule has 1 heterocycles. The first-order chi connectivity index (χ1) is 14.3. The monoisotopic (exact) mass is 552 g/mol. The first-order valence-corrected chi connectivity index (χ1v) is 11.8. The van der Waals surface area contributed by atoms with E-state index in [2.05, 4.69) is 37.2 Å². The van der Waals surface area contributed by atoms with Gasteiger partial charge in [0, 0.05) is 20.4 Å². The third-order valence-corrected chi connectivity index (χ3v) is 8.96. The van der Waals surface area contributed by atoms with Crippen molar-refractivity contribution in [2.24, 2.45) is 11.8 Å². The zero-order valence-corrected chi connectivity index (χ0v) is 20.0. The number of carbonyl (C=O) groups excluding carboxylic acids is 3. The summed E-state index contributed by atoms with van der Waals surface area (Å²) < 4.78 is 0. The summed E-state index contributed by atoms with van der Waals surface area (Å²) in [5, 5.41) is 3.40. The summed E-state index contributed by atoms with van der Waals surface area (Å²) in [6.07, 6.45) is 1.16. The van der Waals surface area contributed by atoms with E-state index in [9.17, 15) is 14.4 Å². The molecule has 1 saturated carbocycles. The Morgan fingerprint density at radius 1 is 1.00 bits per heavy atom. The van der Waals surface area contributed by atoms with Crippen molar-refractivity contribution < 1.29 is 14.4 Å². The lowest BCUT2D eigenvalue weighted by Gasteiger charge is -2.29. The predicted molar refractivity (Wildman–Crippen MR) is 125 cm³/mol. The fourth-order valence-corrected chi connectivity index (χ4v) is 5.54. The summed E-state index contributed by atoms with van der Waals surface area (Å²) in [7, 11) is 0. The number of hydrogen-bond acceptors (Lipinski definition) is 3. The Morgan fingerprint density at radius 2 is 1.60 bits per heavy atom. The van der Waals surface area contributed by atoms with Crippen molar-refractivity contribution in [2.75, 3.05) is 10.2 Å². The van der Waals surface area contributed by atoms with E-state index < -0.39 is 5.91 Å². The van der Waals surface area contributed by atoms with Gasteiger partial charge in [-0.05, 0) is 49.6 Å². The minimum atomic E-state index is -0.400. The van der Waals surface area contributed by atoms with E-state index in [0.29, 0.717) is 29.2 Å². The number of carbonyl (C=O) groups is 3. The first kappa shape index (κ1) is 21.5. The quantitative estimate of drug-likeness (QED) is 0.412. The molecule has 1 N–H and O–H groups in total. The van der Waals surface area contributed by atoms with Crippen LogP contribution in [0.1, 0.15) is 28.8 Å². The number of nitrogens with one attached hydrogen (secondary N) is 1. The van der Waals surface area contributed by atoms with Crippen molar-refractivity contribution in [1.29, 1.82) is 0 Å². The van der Waals surface area contributed by atoms with E-state index in [1.807, 2.05) is 6.92 Å². The van der Waals surface area contributed by atoms with Gasteiger partial charge in [0.1, 0.15) is 0 Å². The number of alkyl halides is 2. The molecule has 0 bridgehead atoms. The zero-order valence-electron chi connectivity index (χ0n) is 16.1. The molecule has 0 aromatic heterocycles. The number of fused-ring (bicyclic) bond motifs is 1. The van der Waals surface area contributed by atoms with Gasteiger partial charge in [-0.25, -0.2) is 4.90 Å². The van der Waals surface area contributed by atoms with Crippen LogP contribution >= 0.6 is 43.5 Å². The van der Waals surface area contributed by atoms with Crippen LogP contribution in [0.2, 0.25) is 5.02 Å². The number of amides is 3. The van der Waals surface area contributed by atoms with Crippen LogP contribution in [0, 0.1) is 18.8 Å². The van der Waals surface area contributed by atoms with E-state index in [1.54, 1.807) is 42.5 Å². The molecule has 8 heteroatoms. The molecule has 5 nitrogen and oxygen atoms in total. The van der Waals surface area contributed by atoms with Crippen LogP contribution < -0.4 is 10.2 Å². The van der Waals surface area contributed by atoms with Crippen LogP contribution in [0.15, 0.2) is 42.5 Å². The van der Waals surface area contributed by atoms with Gasteiger partial charge in [0.05, 0.1) is 23.1 Å². The highest BCUT2D eigenvalue weighted by molar-refractivity contribution is 9.12. The third kappa shape index (κ3) is 3.72. The normalized spacial score (nSPS) is 25.9. The van der Waals surface area contributed by atoms with Crippen LogP contribution in [-0.2, 0) is 9.59 Å². The SMILES string of the molecule is Cc1c(Cl)cccc1NC(=O)c1ccccc1N1C(=O)[C@H]2C[C@@H](Br)[C@@H](Br)C[C@H]2C1=O. The summed E-state index contributed by atoms with van der Waals surface area (Å²) in [6, 6.07) is 12.0. The van der Waals surface area contributed by atoms with Gasteiger partial charge in [-0.1, -0.05) is 61.7 Å².